The molecule has 0 saturated carbocycles. The Morgan fingerprint density at radius 2 is 1.07 bits per heavy atom. The number of pyridine rings is 1. The van der Waals surface area contributed by atoms with E-state index in [1.54, 1.807) is 0 Å². The van der Waals surface area contributed by atoms with E-state index in [-0.39, 0.29) is 42.7 Å². The third-order valence-electron chi connectivity index (χ3n) is 13.9. The molecule has 0 N–H and O–H groups in total. The summed E-state index contributed by atoms with van der Waals surface area (Å²) in [6, 6.07) is 66.1. The van der Waals surface area contributed by atoms with Gasteiger partial charge in [-0.05, 0) is 92.1 Å². The minimum absolute atomic E-state index is 0. The Hall–Kier alpha value is -6.42. The SMILES string of the molecule is CC(C)(C)c1ccnc(-n2c3[c-]c(Oc4[c-]c(N5[CH-]N(c6cccc(C(C)(C)c7ccccc7)c6)c6ccc(C(C)(C)C)cc65)ccc4)ccc3c3cc(C(C)(C)c4ccccc4)ccc32)c1.[Pt]. The molecule has 0 saturated heterocycles. The van der Waals surface area contributed by atoms with Gasteiger partial charge in [0.05, 0.1) is 0 Å². The zero-order valence-electron chi connectivity index (χ0n) is 40.8. The smallest absolute Gasteiger partial charge is 0.135 e. The van der Waals surface area contributed by atoms with Crippen LogP contribution < -0.4 is 14.5 Å². The van der Waals surface area contributed by atoms with Gasteiger partial charge in [-0.25, -0.2) is 4.98 Å². The standard InChI is InChI=1S/C62H59N4O.Pt/c1-59(2,3)44-27-32-55-57(37-44)65(41-64(55)48-24-17-23-46(35-48)61(7,8)42-19-13-11-14-20-42)49-25-18-26-50(39-49)67-51-29-30-52-53-36-47(62(9,10)43-21-15-12-16-22-43)28-31-54(53)66(56(52)40-51)58-38-45(33-34-63-58)60(4,5)6;/h11-38,41H,1-10H3;/q-3;. The molecule has 0 spiro atoms. The minimum Gasteiger partial charge on any atom is -0.509 e. The van der Waals surface area contributed by atoms with Crippen molar-refractivity contribution in [2.75, 3.05) is 9.80 Å². The molecule has 10 rings (SSSR count). The van der Waals surface area contributed by atoms with Crippen molar-refractivity contribution in [3.8, 4) is 17.3 Å². The molecule has 0 fully saturated rings. The largest absolute Gasteiger partial charge is 0.509 e. The van der Waals surface area contributed by atoms with E-state index < -0.39 is 0 Å². The maximum atomic E-state index is 6.76. The van der Waals surface area contributed by atoms with Gasteiger partial charge in [0.15, 0.2) is 0 Å². The average molecular weight is 1070 g/mol. The minimum atomic E-state index is -0.205. The van der Waals surface area contributed by atoms with Crippen molar-refractivity contribution in [1.29, 1.82) is 0 Å². The second-order valence-corrected chi connectivity index (χ2v) is 21.1. The Morgan fingerprint density at radius 3 is 1.75 bits per heavy atom. The van der Waals surface area contributed by atoms with Crippen LogP contribution in [0.15, 0.2) is 170 Å². The average Bonchev–Trinajstić information content (AvgIpc) is 3.87. The van der Waals surface area contributed by atoms with Gasteiger partial charge in [0.1, 0.15) is 5.82 Å². The summed E-state index contributed by atoms with van der Waals surface area (Å²) >= 11 is 0. The summed E-state index contributed by atoms with van der Waals surface area (Å²) in [7, 11) is 0. The van der Waals surface area contributed by atoms with E-state index >= 15 is 0 Å². The maximum absolute atomic E-state index is 6.76. The van der Waals surface area contributed by atoms with Gasteiger partial charge in [0.25, 0.3) is 0 Å². The normalized spacial score (nSPS) is 13.2. The summed E-state index contributed by atoms with van der Waals surface area (Å²) in [5, 5.41) is 2.23. The number of benzene rings is 7. The number of fused-ring (bicyclic) bond motifs is 4. The quantitative estimate of drug-likeness (QED) is 0.135. The molecule has 1 aliphatic heterocycles. The van der Waals surface area contributed by atoms with E-state index in [4.69, 9.17) is 9.72 Å². The van der Waals surface area contributed by atoms with Crippen molar-refractivity contribution in [1.82, 2.24) is 9.55 Å². The number of anilines is 4. The van der Waals surface area contributed by atoms with Crippen molar-refractivity contribution in [2.45, 2.75) is 90.9 Å². The van der Waals surface area contributed by atoms with E-state index in [9.17, 15) is 0 Å². The van der Waals surface area contributed by atoms with Crippen molar-refractivity contribution in [3.05, 3.63) is 222 Å². The molecule has 2 aromatic heterocycles. The zero-order chi connectivity index (χ0) is 46.9. The van der Waals surface area contributed by atoms with E-state index in [0.29, 0.717) is 11.5 Å². The number of aromatic nitrogens is 2. The molecule has 0 radical (unpaired) electrons. The molecule has 0 aliphatic carbocycles. The van der Waals surface area contributed by atoms with E-state index in [1.165, 1.54) is 33.4 Å². The van der Waals surface area contributed by atoms with Gasteiger partial charge in [-0.15, -0.1) is 48.1 Å². The van der Waals surface area contributed by atoms with Crippen LogP contribution in [0.25, 0.3) is 27.6 Å². The molecule has 0 unspecified atom stereocenters. The van der Waals surface area contributed by atoms with Gasteiger partial charge in [0, 0.05) is 72.2 Å². The molecular weight excluding hydrogens is 1010 g/mol. The van der Waals surface area contributed by atoms with Gasteiger partial charge >= 0.3 is 0 Å². The second-order valence-electron chi connectivity index (χ2n) is 21.1. The molecule has 0 amide bonds. The Labute approximate surface area is 417 Å². The van der Waals surface area contributed by atoms with Crippen molar-refractivity contribution in [3.63, 3.8) is 0 Å². The first-order valence-electron chi connectivity index (χ1n) is 23.4. The summed E-state index contributed by atoms with van der Waals surface area (Å²) in [6.07, 6.45) is 1.92. The molecule has 6 heteroatoms. The first kappa shape index (κ1) is 46.7. The van der Waals surface area contributed by atoms with Gasteiger partial charge in [-0.3, -0.25) is 0 Å². The molecule has 68 heavy (non-hydrogen) atoms. The third kappa shape index (κ3) is 8.56. The van der Waals surface area contributed by atoms with Crippen LogP contribution in [0, 0.1) is 18.8 Å². The predicted molar refractivity (Wildman–Crippen MR) is 279 cm³/mol. The van der Waals surface area contributed by atoms with E-state index in [2.05, 4.69) is 248 Å². The first-order chi connectivity index (χ1) is 32.0. The van der Waals surface area contributed by atoms with Crippen LogP contribution in [0.2, 0.25) is 0 Å². The summed E-state index contributed by atoms with van der Waals surface area (Å²) in [4.78, 5) is 9.50. The fraction of sp³-hybridized carbons (Fsp3) is 0.226. The van der Waals surface area contributed by atoms with Crippen LogP contribution in [0.3, 0.4) is 0 Å². The number of nitrogens with zero attached hydrogens (tertiary/aromatic N) is 4. The maximum Gasteiger partial charge on any atom is 0.135 e. The number of hydrogen-bond acceptors (Lipinski definition) is 4. The Morgan fingerprint density at radius 1 is 0.471 bits per heavy atom. The van der Waals surface area contributed by atoms with Gasteiger partial charge in [-0.2, -0.15) is 12.1 Å². The fourth-order valence-electron chi connectivity index (χ4n) is 9.48. The molecular formula is C62H59N4OPt-3. The van der Waals surface area contributed by atoms with Crippen LogP contribution in [-0.4, -0.2) is 9.55 Å². The summed E-state index contributed by atoms with van der Waals surface area (Å²) < 4.78 is 9.00. The van der Waals surface area contributed by atoms with Gasteiger partial charge < -0.3 is 19.1 Å². The van der Waals surface area contributed by atoms with Crippen molar-refractivity contribution >= 4 is 44.6 Å². The topological polar surface area (TPSA) is 33.5 Å². The molecule has 3 heterocycles. The number of hydrogen-bond donors (Lipinski definition) is 0. The van der Waals surface area contributed by atoms with Crippen molar-refractivity contribution in [2.24, 2.45) is 0 Å². The predicted octanol–water partition coefficient (Wildman–Crippen LogP) is 16.2. The molecule has 0 bridgehead atoms. The van der Waals surface area contributed by atoms with Crippen LogP contribution in [-0.2, 0) is 42.7 Å². The van der Waals surface area contributed by atoms with Gasteiger partial charge in [0.2, 0.25) is 0 Å². The van der Waals surface area contributed by atoms with E-state index in [0.717, 1.165) is 50.4 Å². The van der Waals surface area contributed by atoms with Crippen LogP contribution in [0.1, 0.15) is 103 Å². The first-order valence-corrected chi connectivity index (χ1v) is 23.4. The van der Waals surface area contributed by atoms with E-state index in [1.807, 2.05) is 24.4 Å². The zero-order valence-corrected chi connectivity index (χ0v) is 43.0. The van der Waals surface area contributed by atoms with Crippen LogP contribution in [0.4, 0.5) is 22.7 Å². The Bertz CT molecular complexity index is 3280. The molecule has 1 aliphatic rings. The molecule has 346 valence electrons. The summed E-state index contributed by atoms with van der Waals surface area (Å²) in [5.74, 6) is 2.05. The molecule has 5 nitrogen and oxygen atoms in total. The second kappa shape index (κ2) is 17.6. The number of ether oxygens (including phenoxy) is 1. The van der Waals surface area contributed by atoms with Crippen LogP contribution in [0.5, 0.6) is 11.5 Å². The molecule has 0 atom stereocenters. The summed E-state index contributed by atoms with van der Waals surface area (Å²) in [5.41, 5.74) is 13.2. The van der Waals surface area contributed by atoms with Crippen LogP contribution >= 0.6 is 0 Å². The van der Waals surface area contributed by atoms with Crippen molar-refractivity contribution < 1.29 is 25.8 Å². The third-order valence-corrected chi connectivity index (χ3v) is 13.9. The molecule has 7 aromatic carbocycles. The monoisotopic (exact) mass is 1070 g/mol. The number of rotatable bonds is 9. The summed E-state index contributed by atoms with van der Waals surface area (Å²) in [6.45, 7) is 24.9. The fourth-order valence-corrected chi connectivity index (χ4v) is 9.48. The Balaban J connectivity index is 0.00000578. The Kier molecular flexibility index (Phi) is 12.1. The van der Waals surface area contributed by atoms with Gasteiger partial charge in [-0.1, -0.05) is 166 Å². The molecule has 9 aromatic rings.